The minimum absolute atomic E-state index is 0.00538. The minimum atomic E-state index is -0.509. The molecule has 4 rings (SSSR count). The highest BCUT2D eigenvalue weighted by atomic mass is 35.5. The van der Waals surface area contributed by atoms with E-state index in [2.05, 4.69) is 21.3 Å². The number of halogens is 2. The van der Waals surface area contributed by atoms with E-state index in [-0.39, 0.29) is 11.6 Å². The third-order valence-corrected chi connectivity index (χ3v) is 6.33. The maximum absolute atomic E-state index is 13.6. The fourth-order valence-corrected chi connectivity index (χ4v) is 4.24. The van der Waals surface area contributed by atoms with Crippen LogP contribution in [0.4, 0.5) is 4.39 Å². The van der Waals surface area contributed by atoms with Gasteiger partial charge in [0.05, 0.1) is 23.3 Å². The Morgan fingerprint density at radius 2 is 2.10 bits per heavy atom. The first-order chi connectivity index (χ1) is 14.9. The SMILES string of the molecule is Cc1cc(CNC2CCN(CCn3c(=O)ccc4ncc(F)cc43)CC2O)ccc1Cl. The summed E-state index contributed by atoms with van der Waals surface area (Å²) in [5, 5.41) is 14.8. The number of β-amino-alcohol motifs (C(OH)–C–C–N with tert-alkyl or cyclic N) is 1. The maximum atomic E-state index is 13.6. The number of aliphatic hydroxyl groups is 1. The second kappa shape index (κ2) is 9.44. The van der Waals surface area contributed by atoms with Gasteiger partial charge in [0.2, 0.25) is 0 Å². The Bertz CT molecular complexity index is 1140. The monoisotopic (exact) mass is 444 g/mol. The summed E-state index contributed by atoms with van der Waals surface area (Å²) in [6, 6.07) is 10.3. The van der Waals surface area contributed by atoms with Crippen molar-refractivity contribution in [1.82, 2.24) is 19.8 Å². The summed E-state index contributed by atoms with van der Waals surface area (Å²) in [6.07, 6.45) is 1.44. The van der Waals surface area contributed by atoms with Gasteiger partial charge in [0.25, 0.3) is 5.56 Å². The number of aromatic nitrogens is 2. The first kappa shape index (κ1) is 21.9. The smallest absolute Gasteiger partial charge is 0.251 e. The van der Waals surface area contributed by atoms with Gasteiger partial charge in [-0.15, -0.1) is 0 Å². The Labute approximate surface area is 185 Å². The van der Waals surface area contributed by atoms with Gasteiger partial charge >= 0.3 is 0 Å². The lowest BCUT2D eigenvalue weighted by Gasteiger charge is -2.36. The molecule has 0 amide bonds. The van der Waals surface area contributed by atoms with Gasteiger partial charge in [-0.1, -0.05) is 23.7 Å². The average Bonchev–Trinajstić information content (AvgIpc) is 2.74. The van der Waals surface area contributed by atoms with Crippen LogP contribution in [0.1, 0.15) is 17.5 Å². The number of pyridine rings is 2. The van der Waals surface area contributed by atoms with Gasteiger partial charge in [-0.3, -0.25) is 14.7 Å². The second-order valence-corrected chi connectivity index (χ2v) is 8.52. The van der Waals surface area contributed by atoms with Gasteiger partial charge in [-0.2, -0.15) is 0 Å². The van der Waals surface area contributed by atoms with Crippen LogP contribution in [0.2, 0.25) is 5.02 Å². The zero-order valence-electron chi connectivity index (χ0n) is 17.4. The van der Waals surface area contributed by atoms with E-state index in [1.165, 1.54) is 12.1 Å². The summed E-state index contributed by atoms with van der Waals surface area (Å²) >= 11 is 6.08. The summed E-state index contributed by atoms with van der Waals surface area (Å²) in [4.78, 5) is 18.5. The number of benzene rings is 1. The summed E-state index contributed by atoms with van der Waals surface area (Å²) in [5.74, 6) is -0.468. The van der Waals surface area contributed by atoms with E-state index in [0.717, 1.165) is 35.3 Å². The molecule has 0 aliphatic carbocycles. The molecule has 8 heteroatoms. The van der Waals surface area contributed by atoms with E-state index in [1.54, 1.807) is 10.6 Å². The zero-order chi connectivity index (χ0) is 22.0. The van der Waals surface area contributed by atoms with Crippen molar-refractivity contribution in [1.29, 1.82) is 0 Å². The van der Waals surface area contributed by atoms with E-state index < -0.39 is 11.9 Å². The number of hydrogen-bond donors (Lipinski definition) is 2. The highest BCUT2D eigenvalue weighted by Crippen LogP contribution is 2.18. The number of hydrogen-bond acceptors (Lipinski definition) is 5. The Kier molecular flexibility index (Phi) is 6.67. The van der Waals surface area contributed by atoms with Crippen LogP contribution in [-0.2, 0) is 13.1 Å². The van der Waals surface area contributed by atoms with Crippen molar-refractivity contribution < 1.29 is 9.50 Å². The molecule has 0 radical (unpaired) electrons. The number of aryl methyl sites for hydroxylation is 1. The van der Waals surface area contributed by atoms with Crippen molar-refractivity contribution in [2.45, 2.75) is 38.6 Å². The molecule has 1 aliphatic rings. The van der Waals surface area contributed by atoms with Crippen molar-refractivity contribution in [3.05, 3.63) is 74.9 Å². The molecule has 31 heavy (non-hydrogen) atoms. The maximum Gasteiger partial charge on any atom is 0.251 e. The molecule has 2 N–H and O–H groups in total. The van der Waals surface area contributed by atoms with Crippen molar-refractivity contribution >= 4 is 22.6 Å². The fourth-order valence-electron chi connectivity index (χ4n) is 4.12. The van der Waals surface area contributed by atoms with Crippen LogP contribution >= 0.6 is 11.6 Å². The number of nitrogens with zero attached hydrogens (tertiary/aromatic N) is 3. The van der Waals surface area contributed by atoms with Crippen LogP contribution in [0.3, 0.4) is 0 Å². The topological polar surface area (TPSA) is 70.4 Å². The normalized spacial score (nSPS) is 19.7. The van der Waals surface area contributed by atoms with E-state index >= 15 is 0 Å². The Balaban J connectivity index is 1.34. The molecule has 2 atom stereocenters. The highest BCUT2D eigenvalue weighted by molar-refractivity contribution is 6.31. The largest absolute Gasteiger partial charge is 0.390 e. The van der Waals surface area contributed by atoms with Crippen molar-refractivity contribution in [3.8, 4) is 0 Å². The molecule has 0 saturated carbocycles. The van der Waals surface area contributed by atoms with Gasteiger partial charge in [-0.25, -0.2) is 4.39 Å². The molecule has 3 aromatic rings. The lowest BCUT2D eigenvalue weighted by Crippen LogP contribution is -2.53. The second-order valence-electron chi connectivity index (χ2n) is 8.11. The standard InChI is InChI=1S/C23H26ClFN4O2/c1-15-10-16(2-3-18(15)24)12-26-20-6-7-28(14-22(20)30)8-9-29-21-11-17(25)13-27-19(21)4-5-23(29)31/h2-5,10-11,13,20,22,26,30H,6-9,12,14H2,1H3. The van der Waals surface area contributed by atoms with Gasteiger partial charge in [0.1, 0.15) is 5.82 Å². The molecule has 6 nitrogen and oxygen atoms in total. The average molecular weight is 445 g/mol. The molecule has 0 spiro atoms. The summed E-state index contributed by atoms with van der Waals surface area (Å²) in [7, 11) is 0. The van der Waals surface area contributed by atoms with Crippen LogP contribution < -0.4 is 10.9 Å². The summed E-state index contributed by atoms with van der Waals surface area (Å²) in [6.45, 7) is 4.98. The zero-order valence-corrected chi connectivity index (χ0v) is 18.1. The molecular formula is C23H26ClFN4O2. The van der Waals surface area contributed by atoms with E-state index in [4.69, 9.17) is 11.6 Å². The van der Waals surface area contributed by atoms with Crippen LogP contribution in [-0.4, -0.2) is 51.3 Å². The minimum Gasteiger partial charge on any atom is -0.390 e. The first-order valence-corrected chi connectivity index (χ1v) is 10.8. The lowest BCUT2D eigenvalue weighted by molar-refractivity contribution is 0.0385. The van der Waals surface area contributed by atoms with Gasteiger partial charge in [-0.05, 0) is 43.1 Å². The number of rotatable bonds is 6. The van der Waals surface area contributed by atoms with Gasteiger partial charge < -0.3 is 15.0 Å². The van der Waals surface area contributed by atoms with Crippen LogP contribution in [0.15, 0.2) is 47.4 Å². The molecule has 1 fully saturated rings. The lowest BCUT2D eigenvalue weighted by atomic mass is 10.0. The third-order valence-electron chi connectivity index (χ3n) is 5.90. The molecule has 1 saturated heterocycles. The van der Waals surface area contributed by atoms with Crippen molar-refractivity contribution in [2.75, 3.05) is 19.6 Å². The Morgan fingerprint density at radius 1 is 1.26 bits per heavy atom. The van der Waals surface area contributed by atoms with Gasteiger partial charge in [0.15, 0.2) is 0 Å². The predicted molar refractivity (Wildman–Crippen MR) is 120 cm³/mol. The number of likely N-dealkylation sites (tertiary alicyclic amines) is 1. The van der Waals surface area contributed by atoms with Crippen molar-refractivity contribution in [2.24, 2.45) is 0 Å². The van der Waals surface area contributed by atoms with Crippen LogP contribution in [0.5, 0.6) is 0 Å². The molecule has 2 unspecified atom stereocenters. The third kappa shape index (κ3) is 5.13. The van der Waals surface area contributed by atoms with E-state index in [1.807, 2.05) is 19.1 Å². The Morgan fingerprint density at radius 3 is 2.87 bits per heavy atom. The van der Waals surface area contributed by atoms with E-state index in [0.29, 0.717) is 37.2 Å². The molecule has 1 aliphatic heterocycles. The summed E-state index contributed by atoms with van der Waals surface area (Å²) in [5.41, 5.74) is 3.06. The predicted octanol–water partition coefficient (Wildman–Crippen LogP) is 2.72. The van der Waals surface area contributed by atoms with E-state index in [9.17, 15) is 14.3 Å². The Hall–Kier alpha value is -2.32. The first-order valence-electron chi connectivity index (χ1n) is 10.4. The summed E-state index contributed by atoms with van der Waals surface area (Å²) < 4.78 is 15.2. The molecule has 0 bridgehead atoms. The van der Waals surface area contributed by atoms with Crippen LogP contribution in [0, 0.1) is 12.7 Å². The molecule has 1 aromatic carbocycles. The molecular weight excluding hydrogens is 419 g/mol. The number of fused-ring (bicyclic) bond motifs is 1. The molecule has 164 valence electrons. The molecule has 3 heterocycles. The molecule has 2 aromatic heterocycles. The van der Waals surface area contributed by atoms with Crippen LogP contribution in [0.25, 0.3) is 11.0 Å². The number of piperidine rings is 1. The van der Waals surface area contributed by atoms with Gasteiger partial charge in [0, 0.05) is 49.4 Å². The number of nitrogens with one attached hydrogen (secondary N) is 1. The quantitative estimate of drug-likeness (QED) is 0.611. The highest BCUT2D eigenvalue weighted by Gasteiger charge is 2.27. The number of aliphatic hydroxyl groups excluding tert-OH is 1. The van der Waals surface area contributed by atoms with Crippen molar-refractivity contribution in [3.63, 3.8) is 0 Å². The fraction of sp³-hybridized carbons (Fsp3) is 0.391.